The normalized spacial score (nSPS) is 11.5. The van der Waals surface area contributed by atoms with Gasteiger partial charge in [0.05, 0.1) is 0 Å². The molecule has 5 nitrogen and oxygen atoms in total. The van der Waals surface area contributed by atoms with Gasteiger partial charge in [0.15, 0.2) is 11.5 Å². The maximum Gasteiger partial charge on any atom is 0.294 e. The third kappa shape index (κ3) is 8.07. The topological polar surface area (TPSA) is 83.8 Å². The average molecular weight is 421 g/mol. The minimum atomic E-state index is -4.42. The van der Waals surface area contributed by atoms with Gasteiger partial charge in [-0.05, 0) is 36.6 Å². The van der Waals surface area contributed by atoms with Crippen LogP contribution in [-0.4, -0.2) is 18.1 Å². The highest BCUT2D eigenvalue weighted by Crippen LogP contribution is 2.35. The van der Waals surface area contributed by atoms with Gasteiger partial charge in [-0.2, -0.15) is 8.42 Å². The standard InChI is InChI=1S/C23H32O5S/c1-2-3-4-5-6-7-8-9-11-14-19-17-22(28-20-15-12-10-13-16-20)21(24)18-23(19)29(25,26)27/h10,12-13,15-18,24H,2-9,11,14H2,1H3,(H,25,26,27). The molecule has 2 rings (SSSR count). The first kappa shape index (κ1) is 23.2. The Balaban J connectivity index is 1.98. The highest BCUT2D eigenvalue weighted by atomic mass is 32.2. The summed E-state index contributed by atoms with van der Waals surface area (Å²) in [6.07, 6.45) is 11.0. The molecule has 0 radical (unpaired) electrons. The van der Waals surface area contributed by atoms with Crippen LogP contribution in [0.1, 0.15) is 70.3 Å². The zero-order valence-electron chi connectivity index (χ0n) is 17.1. The van der Waals surface area contributed by atoms with E-state index in [1.54, 1.807) is 12.1 Å². The van der Waals surface area contributed by atoms with E-state index in [0.717, 1.165) is 25.3 Å². The van der Waals surface area contributed by atoms with E-state index in [2.05, 4.69) is 6.92 Å². The second kappa shape index (κ2) is 11.8. The predicted molar refractivity (Wildman–Crippen MR) is 115 cm³/mol. The lowest BCUT2D eigenvalue weighted by Crippen LogP contribution is -2.04. The van der Waals surface area contributed by atoms with E-state index in [9.17, 15) is 18.1 Å². The number of ether oxygens (including phenoxy) is 1. The Morgan fingerprint density at radius 1 is 0.862 bits per heavy atom. The molecule has 2 N–H and O–H groups in total. The molecular formula is C23H32O5S. The molecule has 0 aliphatic heterocycles. The minimum absolute atomic E-state index is 0.175. The van der Waals surface area contributed by atoms with Gasteiger partial charge in [-0.1, -0.05) is 76.5 Å². The van der Waals surface area contributed by atoms with Gasteiger partial charge in [-0.25, -0.2) is 0 Å². The summed E-state index contributed by atoms with van der Waals surface area (Å²) in [6, 6.07) is 11.5. The van der Waals surface area contributed by atoms with E-state index < -0.39 is 10.1 Å². The molecule has 0 fully saturated rings. The lowest BCUT2D eigenvalue weighted by molar-refractivity contribution is 0.407. The van der Waals surface area contributed by atoms with Gasteiger partial charge in [-0.3, -0.25) is 4.55 Å². The molecular weight excluding hydrogens is 388 g/mol. The molecule has 0 spiro atoms. The Morgan fingerprint density at radius 3 is 2.03 bits per heavy atom. The first-order valence-electron chi connectivity index (χ1n) is 10.5. The third-order valence-electron chi connectivity index (χ3n) is 4.94. The number of benzene rings is 2. The maximum absolute atomic E-state index is 11.7. The van der Waals surface area contributed by atoms with E-state index in [0.29, 0.717) is 17.7 Å². The number of aryl methyl sites for hydroxylation is 1. The predicted octanol–water partition coefficient (Wildman–Crippen LogP) is 6.50. The molecule has 0 bridgehead atoms. The van der Waals surface area contributed by atoms with Crippen molar-refractivity contribution in [3.05, 3.63) is 48.0 Å². The number of rotatable bonds is 13. The Morgan fingerprint density at radius 2 is 1.45 bits per heavy atom. The molecule has 0 saturated carbocycles. The molecule has 0 saturated heterocycles. The minimum Gasteiger partial charge on any atom is -0.504 e. The van der Waals surface area contributed by atoms with Crippen LogP contribution in [0.25, 0.3) is 0 Å². The molecule has 0 aromatic heterocycles. The van der Waals surface area contributed by atoms with Crippen molar-refractivity contribution in [1.29, 1.82) is 0 Å². The largest absolute Gasteiger partial charge is 0.504 e. The molecule has 6 heteroatoms. The summed E-state index contributed by atoms with van der Waals surface area (Å²) in [5.74, 6) is 0.392. The van der Waals surface area contributed by atoms with Crippen LogP contribution in [0.4, 0.5) is 0 Å². The summed E-state index contributed by atoms with van der Waals surface area (Å²) in [5.41, 5.74) is 0.458. The summed E-state index contributed by atoms with van der Waals surface area (Å²) in [5, 5.41) is 10.2. The molecule has 29 heavy (non-hydrogen) atoms. The zero-order chi connectivity index (χ0) is 21.1. The Bertz CT molecular complexity index is 847. The first-order chi connectivity index (χ1) is 13.9. The van der Waals surface area contributed by atoms with E-state index >= 15 is 0 Å². The molecule has 0 atom stereocenters. The molecule has 0 aliphatic carbocycles. The fourth-order valence-corrected chi connectivity index (χ4v) is 4.10. The molecule has 0 amide bonds. The summed E-state index contributed by atoms with van der Waals surface area (Å²) in [6.45, 7) is 2.21. The van der Waals surface area contributed by atoms with Crippen molar-refractivity contribution >= 4 is 10.1 Å². The molecule has 0 aliphatic rings. The van der Waals surface area contributed by atoms with Crippen molar-refractivity contribution in [3.8, 4) is 17.2 Å². The summed E-state index contributed by atoms with van der Waals surface area (Å²) >= 11 is 0. The monoisotopic (exact) mass is 420 g/mol. The number of phenols is 1. The van der Waals surface area contributed by atoms with E-state index in [1.807, 2.05) is 18.2 Å². The fraction of sp³-hybridized carbons (Fsp3) is 0.478. The van der Waals surface area contributed by atoms with E-state index in [4.69, 9.17) is 4.74 Å². The SMILES string of the molecule is CCCCCCCCCCCc1cc(Oc2ccccc2)c(O)cc1S(=O)(=O)O. The third-order valence-corrected chi connectivity index (χ3v) is 5.88. The second-order valence-corrected chi connectivity index (χ2v) is 8.79. The van der Waals surface area contributed by atoms with E-state index in [-0.39, 0.29) is 16.4 Å². The first-order valence-corrected chi connectivity index (χ1v) is 11.9. The van der Waals surface area contributed by atoms with Crippen LogP contribution in [0.5, 0.6) is 17.2 Å². The molecule has 2 aromatic rings. The Kier molecular flexibility index (Phi) is 9.48. The molecule has 160 valence electrons. The van der Waals surface area contributed by atoms with Crippen LogP contribution in [0, 0.1) is 0 Å². The highest BCUT2D eigenvalue weighted by molar-refractivity contribution is 7.85. The van der Waals surface area contributed by atoms with Crippen LogP contribution in [-0.2, 0) is 16.5 Å². The van der Waals surface area contributed by atoms with Gasteiger partial charge in [-0.15, -0.1) is 0 Å². The van der Waals surface area contributed by atoms with Crippen molar-refractivity contribution in [2.75, 3.05) is 0 Å². The van der Waals surface area contributed by atoms with Crippen LogP contribution in [0.15, 0.2) is 47.4 Å². The second-order valence-electron chi connectivity index (χ2n) is 7.40. The van der Waals surface area contributed by atoms with Crippen molar-refractivity contribution in [2.45, 2.75) is 76.0 Å². The van der Waals surface area contributed by atoms with Gasteiger partial charge in [0.2, 0.25) is 0 Å². The van der Waals surface area contributed by atoms with Gasteiger partial charge in [0.25, 0.3) is 10.1 Å². The smallest absolute Gasteiger partial charge is 0.294 e. The van der Waals surface area contributed by atoms with Gasteiger partial charge in [0.1, 0.15) is 10.6 Å². The maximum atomic E-state index is 11.7. The van der Waals surface area contributed by atoms with Crippen molar-refractivity contribution in [3.63, 3.8) is 0 Å². The number of hydrogen-bond acceptors (Lipinski definition) is 4. The quantitative estimate of drug-likeness (QED) is 0.285. The Hall–Kier alpha value is -2.05. The van der Waals surface area contributed by atoms with Gasteiger partial charge < -0.3 is 9.84 Å². The van der Waals surface area contributed by atoms with Crippen LogP contribution in [0.2, 0.25) is 0 Å². The number of aromatic hydroxyl groups is 1. The van der Waals surface area contributed by atoms with Crippen molar-refractivity contribution in [2.24, 2.45) is 0 Å². The number of phenolic OH excluding ortho intramolecular Hbond substituents is 1. The zero-order valence-corrected chi connectivity index (χ0v) is 18.0. The average Bonchev–Trinajstić information content (AvgIpc) is 2.68. The van der Waals surface area contributed by atoms with Crippen LogP contribution >= 0.6 is 0 Å². The fourth-order valence-electron chi connectivity index (χ4n) is 3.35. The Labute approximate surface area is 174 Å². The lowest BCUT2D eigenvalue weighted by Gasteiger charge is -2.13. The van der Waals surface area contributed by atoms with Crippen molar-refractivity contribution < 1.29 is 22.8 Å². The number of hydrogen-bond donors (Lipinski definition) is 2. The molecule has 0 unspecified atom stereocenters. The lowest BCUT2D eigenvalue weighted by atomic mass is 10.0. The summed E-state index contributed by atoms with van der Waals surface area (Å²) in [7, 11) is -4.42. The van der Waals surface area contributed by atoms with Crippen LogP contribution < -0.4 is 4.74 Å². The van der Waals surface area contributed by atoms with Crippen molar-refractivity contribution in [1.82, 2.24) is 0 Å². The van der Waals surface area contributed by atoms with Gasteiger partial charge in [0, 0.05) is 6.07 Å². The summed E-state index contributed by atoms with van der Waals surface area (Å²) < 4.78 is 38.7. The number of unbranched alkanes of at least 4 members (excludes halogenated alkanes) is 8. The molecule has 0 heterocycles. The van der Waals surface area contributed by atoms with Gasteiger partial charge >= 0.3 is 0 Å². The number of para-hydroxylation sites is 1. The summed E-state index contributed by atoms with van der Waals surface area (Å²) in [4.78, 5) is -0.255. The molecule has 2 aromatic carbocycles. The van der Waals surface area contributed by atoms with Crippen LogP contribution in [0.3, 0.4) is 0 Å². The highest BCUT2D eigenvalue weighted by Gasteiger charge is 2.19. The van der Waals surface area contributed by atoms with E-state index in [1.165, 1.54) is 44.6 Å².